The average molecular weight is 570 g/mol. The molecule has 208 valence electrons. The molecule has 7 nitrogen and oxygen atoms in total. The number of para-hydroxylation sites is 1. The Bertz CT molecular complexity index is 1390. The van der Waals surface area contributed by atoms with Gasteiger partial charge in [0.25, 0.3) is 10.0 Å². The fourth-order valence-corrected chi connectivity index (χ4v) is 5.80. The lowest BCUT2D eigenvalue weighted by Crippen LogP contribution is -2.51. The molecule has 1 atom stereocenters. The topological polar surface area (TPSA) is 86.8 Å². The first-order valence-corrected chi connectivity index (χ1v) is 14.8. The van der Waals surface area contributed by atoms with E-state index >= 15 is 0 Å². The molecule has 0 heterocycles. The first-order chi connectivity index (χ1) is 18.6. The van der Waals surface area contributed by atoms with Crippen molar-refractivity contribution in [3.8, 4) is 0 Å². The van der Waals surface area contributed by atoms with E-state index < -0.39 is 28.5 Å². The first-order valence-electron chi connectivity index (χ1n) is 13.0. The molecule has 0 saturated carbocycles. The Balaban J connectivity index is 2.02. The van der Waals surface area contributed by atoms with Crippen LogP contribution in [0.2, 0.25) is 5.02 Å². The number of hydrogen-bond acceptors (Lipinski definition) is 4. The van der Waals surface area contributed by atoms with Crippen molar-refractivity contribution in [1.82, 2.24) is 10.2 Å². The molecule has 2 amide bonds. The van der Waals surface area contributed by atoms with E-state index in [1.54, 1.807) is 68.4 Å². The number of anilines is 1. The highest BCUT2D eigenvalue weighted by Gasteiger charge is 2.33. The Kier molecular flexibility index (Phi) is 10.5. The Morgan fingerprint density at radius 3 is 2.23 bits per heavy atom. The minimum absolute atomic E-state index is 0.0487. The highest BCUT2D eigenvalue weighted by atomic mass is 35.5. The summed E-state index contributed by atoms with van der Waals surface area (Å²) in [4.78, 5) is 28.5. The molecule has 0 radical (unpaired) electrons. The molecule has 0 aliphatic heterocycles. The van der Waals surface area contributed by atoms with Gasteiger partial charge in [-0.25, -0.2) is 8.42 Å². The molecule has 0 bridgehead atoms. The van der Waals surface area contributed by atoms with Crippen molar-refractivity contribution in [3.63, 3.8) is 0 Å². The number of hydrogen-bond donors (Lipinski definition) is 1. The lowest BCUT2D eigenvalue weighted by molar-refractivity contribution is -0.139. The van der Waals surface area contributed by atoms with Crippen molar-refractivity contribution in [2.45, 2.75) is 58.0 Å². The van der Waals surface area contributed by atoms with Gasteiger partial charge >= 0.3 is 0 Å². The molecule has 0 fully saturated rings. The van der Waals surface area contributed by atoms with Crippen LogP contribution in [0.5, 0.6) is 0 Å². The molecule has 0 aliphatic carbocycles. The lowest BCUT2D eigenvalue weighted by atomic mass is 10.1. The first kappa shape index (κ1) is 30.2. The maximum absolute atomic E-state index is 14.0. The van der Waals surface area contributed by atoms with E-state index in [0.29, 0.717) is 28.4 Å². The Hall–Kier alpha value is -3.36. The van der Waals surface area contributed by atoms with Crippen LogP contribution < -0.4 is 9.62 Å². The summed E-state index contributed by atoms with van der Waals surface area (Å²) in [6.07, 6.45) is 1.73. The van der Waals surface area contributed by atoms with E-state index in [9.17, 15) is 18.0 Å². The van der Waals surface area contributed by atoms with Crippen molar-refractivity contribution >= 4 is 39.1 Å². The van der Waals surface area contributed by atoms with Crippen molar-refractivity contribution in [2.75, 3.05) is 17.4 Å². The van der Waals surface area contributed by atoms with Gasteiger partial charge in [0.2, 0.25) is 11.8 Å². The van der Waals surface area contributed by atoms with E-state index in [4.69, 9.17) is 11.6 Å². The number of carbonyl (C=O) groups excluding carboxylic acids is 2. The van der Waals surface area contributed by atoms with Crippen LogP contribution in [0, 0.1) is 13.8 Å². The summed E-state index contributed by atoms with van der Waals surface area (Å²) < 4.78 is 28.9. The fourth-order valence-electron chi connectivity index (χ4n) is 4.12. The number of nitrogens with one attached hydrogen (secondary N) is 1. The van der Waals surface area contributed by atoms with E-state index in [1.807, 2.05) is 19.9 Å². The molecule has 0 saturated heterocycles. The van der Waals surface area contributed by atoms with Crippen LogP contribution in [0.4, 0.5) is 5.69 Å². The van der Waals surface area contributed by atoms with Gasteiger partial charge in [0.05, 0.1) is 10.6 Å². The predicted octanol–water partition coefficient (Wildman–Crippen LogP) is 5.49. The van der Waals surface area contributed by atoms with Crippen LogP contribution in [0.3, 0.4) is 0 Å². The molecule has 9 heteroatoms. The summed E-state index contributed by atoms with van der Waals surface area (Å²) in [6, 6.07) is 19.7. The molecule has 0 aliphatic rings. The van der Waals surface area contributed by atoms with Gasteiger partial charge in [-0.2, -0.15) is 0 Å². The van der Waals surface area contributed by atoms with Crippen LogP contribution >= 0.6 is 11.6 Å². The van der Waals surface area contributed by atoms with Crippen LogP contribution in [0.15, 0.2) is 77.7 Å². The van der Waals surface area contributed by atoms with E-state index in [2.05, 4.69) is 5.32 Å². The SMILES string of the molecule is CCCCNC(=O)C(C)N(Cc1ccccc1Cl)C(=O)CN(c1ccccc1C)S(=O)(=O)c1ccc(C)cc1. The highest BCUT2D eigenvalue weighted by Crippen LogP contribution is 2.28. The predicted molar refractivity (Wildman–Crippen MR) is 156 cm³/mol. The Labute approximate surface area is 236 Å². The zero-order valence-electron chi connectivity index (χ0n) is 22.9. The summed E-state index contributed by atoms with van der Waals surface area (Å²) in [6.45, 7) is 7.39. The molecule has 39 heavy (non-hydrogen) atoms. The van der Waals surface area contributed by atoms with Crippen LogP contribution in [0.25, 0.3) is 0 Å². The minimum Gasteiger partial charge on any atom is -0.354 e. The number of rotatable bonds is 12. The zero-order valence-corrected chi connectivity index (χ0v) is 24.4. The average Bonchev–Trinajstić information content (AvgIpc) is 2.91. The molecule has 1 N–H and O–H groups in total. The second kappa shape index (κ2) is 13.6. The molecule has 1 unspecified atom stereocenters. The fraction of sp³-hybridized carbons (Fsp3) is 0.333. The molecule has 0 spiro atoms. The van der Waals surface area contributed by atoms with Gasteiger partial charge in [0.1, 0.15) is 12.6 Å². The number of sulfonamides is 1. The monoisotopic (exact) mass is 569 g/mol. The zero-order chi connectivity index (χ0) is 28.6. The number of carbonyl (C=O) groups is 2. The largest absolute Gasteiger partial charge is 0.354 e. The van der Waals surface area contributed by atoms with E-state index in [0.717, 1.165) is 22.7 Å². The number of unbranched alkanes of at least 4 members (excludes halogenated alkanes) is 1. The van der Waals surface area contributed by atoms with Crippen LogP contribution in [-0.2, 0) is 26.2 Å². The number of benzene rings is 3. The summed E-state index contributed by atoms with van der Waals surface area (Å²) in [5.41, 5.74) is 2.67. The van der Waals surface area contributed by atoms with Gasteiger partial charge in [0.15, 0.2) is 0 Å². The maximum Gasteiger partial charge on any atom is 0.264 e. The summed E-state index contributed by atoms with van der Waals surface area (Å²) in [5.74, 6) is -0.834. The van der Waals surface area contributed by atoms with Gasteiger partial charge in [-0.15, -0.1) is 0 Å². The van der Waals surface area contributed by atoms with Gasteiger partial charge in [-0.3, -0.25) is 13.9 Å². The molecule has 0 aromatic heterocycles. The van der Waals surface area contributed by atoms with Crippen LogP contribution in [-0.4, -0.2) is 44.3 Å². The Morgan fingerprint density at radius 1 is 0.949 bits per heavy atom. The highest BCUT2D eigenvalue weighted by molar-refractivity contribution is 7.92. The Morgan fingerprint density at radius 2 is 1.59 bits per heavy atom. The third-order valence-electron chi connectivity index (χ3n) is 6.57. The van der Waals surface area contributed by atoms with Crippen molar-refractivity contribution in [3.05, 3.63) is 94.5 Å². The second-order valence-electron chi connectivity index (χ2n) is 9.54. The number of amides is 2. The molecular formula is C30H36ClN3O4S. The van der Waals surface area contributed by atoms with Crippen LogP contribution in [0.1, 0.15) is 43.4 Å². The molecular weight excluding hydrogens is 534 g/mol. The molecule has 3 aromatic carbocycles. The smallest absolute Gasteiger partial charge is 0.264 e. The molecule has 3 aromatic rings. The summed E-state index contributed by atoms with van der Waals surface area (Å²) in [5, 5.41) is 3.33. The number of nitrogens with zero attached hydrogens (tertiary/aromatic N) is 2. The van der Waals surface area contributed by atoms with Crippen molar-refractivity contribution < 1.29 is 18.0 Å². The van der Waals surface area contributed by atoms with E-state index in [-0.39, 0.29) is 17.3 Å². The standard InChI is InChI=1S/C30H36ClN3O4S/c1-5-6-19-32-30(36)24(4)33(20-25-12-8-9-13-27(25)31)29(35)21-34(28-14-10-7-11-23(28)3)39(37,38)26-17-15-22(2)16-18-26/h7-18,24H,5-6,19-21H2,1-4H3,(H,32,36). The summed E-state index contributed by atoms with van der Waals surface area (Å²) >= 11 is 6.40. The maximum atomic E-state index is 14.0. The quantitative estimate of drug-likeness (QED) is 0.292. The van der Waals surface area contributed by atoms with E-state index in [1.165, 1.54) is 17.0 Å². The van der Waals surface area contributed by atoms with Gasteiger partial charge in [0, 0.05) is 18.1 Å². The second-order valence-corrected chi connectivity index (χ2v) is 11.8. The van der Waals surface area contributed by atoms with Gasteiger partial charge < -0.3 is 10.2 Å². The molecule has 3 rings (SSSR count). The third-order valence-corrected chi connectivity index (χ3v) is 8.71. The van der Waals surface area contributed by atoms with Crippen molar-refractivity contribution in [1.29, 1.82) is 0 Å². The normalized spacial score (nSPS) is 12.0. The number of aryl methyl sites for hydroxylation is 2. The number of halogens is 1. The van der Waals surface area contributed by atoms with Crippen molar-refractivity contribution in [2.24, 2.45) is 0 Å². The third kappa shape index (κ3) is 7.61. The lowest BCUT2D eigenvalue weighted by Gasteiger charge is -2.32. The van der Waals surface area contributed by atoms with Gasteiger partial charge in [-0.1, -0.05) is 79.0 Å². The minimum atomic E-state index is -4.11. The van der Waals surface area contributed by atoms with Gasteiger partial charge in [-0.05, 0) is 62.6 Å². The summed E-state index contributed by atoms with van der Waals surface area (Å²) in [7, 11) is -4.11.